The number of hydrogen-bond acceptors (Lipinski definition) is 5. The molecule has 0 fully saturated rings. The molecule has 0 aliphatic heterocycles. The number of para-hydroxylation sites is 1. The predicted octanol–water partition coefficient (Wildman–Crippen LogP) is 2.58. The summed E-state index contributed by atoms with van der Waals surface area (Å²) in [5.41, 5.74) is 7.01. The van der Waals surface area contributed by atoms with Crippen LogP contribution in [0.1, 0.15) is 24.8 Å². The van der Waals surface area contributed by atoms with E-state index in [-0.39, 0.29) is 24.8 Å². The molecule has 3 rings (SSSR count). The van der Waals surface area contributed by atoms with Crippen LogP contribution in [0.5, 0.6) is 0 Å². The summed E-state index contributed by atoms with van der Waals surface area (Å²) < 4.78 is 25.8. The van der Waals surface area contributed by atoms with Gasteiger partial charge in [0.05, 0.1) is 11.9 Å². The Morgan fingerprint density at radius 3 is 2.33 bits per heavy atom. The molecular formula is C27H34N4O4S. The van der Waals surface area contributed by atoms with Gasteiger partial charge in [0.25, 0.3) is 0 Å². The van der Waals surface area contributed by atoms with Crippen LogP contribution in [-0.2, 0) is 26.0 Å². The van der Waals surface area contributed by atoms with Crippen molar-refractivity contribution in [3.63, 3.8) is 0 Å². The fourth-order valence-electron chi connectivity index (χ4n) is 3.98. The van der Waals surface area contributed by atoms with Crippen LogP contribution in [0, 0.1) is 0 Å². The van der Waals surface area contributed by atoms with Crippen molar-refractivity contribution in [2.45, 2.75) is 31.7 Å². The average molecular weight is 511 g/mol. The third-order valence-corrected chi connectivity index (χ3v) is 6.99. The highest BCUT2D eigenvalue weighted by molar-refractivity contribution is 7.92. The molecule has 0 radical (unpaired) electrons. The van der Waals surface area contributed by atoms with Crippen molar-refractivity contribution < 1.29 is 18.0 Å². The van der Waals surface area contributed by atoms with Gasteiger partial charge in [-0.3, -0.25) is 13.9 Å². The summed E-state index contributed by atoms with van der Waals surface area (Å²) in [6.45, 7) is 1.05. The fourth-order valence-corrected chi connectivity index (χ4v) is 4.94. The van der Waals surface area contributed by atoms with Crippen molar-refractivity contribution in [3.8, 4) is 0 Å². The van der Waals surface area contributed by atoms with Crippen molar-refractivity contribution >= 4 is 38.3 Å². The number of carbonyl (C=O) groups is 2. The molecule has 0 aliphatic carbocycles. The van der Waals surface area contributed by atoms with Crippen LogP contribution in [0.3, 0.4) is 0 Å². The molecule has 0 saturated heterocycles. The molecule has 3 aromatic rings. The molecule has 1 atom stereocenters. The number of benzene rings is 3. The van der Waals surface area contributed by atoms with Gasteiger partial charge in [0, 0.05) is 25.9 Å². The summed E-state index contributed by atoms with van der Waals surface area (Å²) in [5, 5.41) is 7.84. The van der Waals surface area contributed by atoms with E-state index < -0.39 is 16.1 Å². The van der Waals surface area contributed by atoms with Crippen LogP contribution in [0.2, 0.25) is 0 Å². The van der Waals surface area contributed by atoms with Crippen LogP contribution < -0.4 is 20.7 Å². The van der Waals surface area contributed by atoms with Crippen LogP contribution in [0.4, 0.5) is 5.69 Å². The van der Waals surface area contributed by atoms with Crippen LogP contribution >= 0.6 is 0 Å². The Bertz CT molecular complexity index is 1270. The minimum absolute atomic E-state index is 0.0865. The van der Waals surface area contributed by atoms with Crippen LogP contribution in [0.25, 0.3) is 10.8 Å². The maximum Gasteiger partial charge on any atom is 0.242 e. The molecular weight excluding hydrogens is 476 g/mol. The Morgan fingerprint density at radius 1 is 0.944 bits per heavy atom. The fraction of sp³-hybridized carbons (Fsp3) is 0.333. The number of sulfonamides is 1. The van der Waals surface area contributed by atoms with Gasteiger partial charge in [-0.1, -0.05) is 60.7 Å². The minimum Gasteiger partial charge on any atom is -0.354 e. The van der Waals surface area contributed by atoms with E-state index >= 15 is 0 Å². The quantitative estimate of drug-likeness (QED) is 0.305. The van der Waals surface area contributed by atoms with E-state index in [1.165, 1.54) is 4.31 Å². The van der Waals surface area contributed by atoms with Crippen molar-refractivity contribution in [3.05, 3.63) is 78.4 Å². The van der Waals surface area contributed by atoms with E-state index in [1.807, 2.05) is 48.5 Å². The van der Waals surface area contributed by atoms with Gasteiger partial charge >= 0.3 is 0 Å². The molecule has 3 aromatic carbocycles. The number of rotatable bonds is 13. The summed E-state index contributed by atoms with van der Waals surface area (Å²) in [7, 11) is -3.50. The molecule has 0 heterocycles. The third kappa shape index (κ3) is 8.07. The van der Waals surface area contributed by atoms with Crippen LogP contribution in [-0.4, -0.2) is 52.2 Å². The second-order valence-electron chi connectivity index (χ2n) is 8.71. The highest BCUT2D eigenvalue weighted by Gasteiger charge is 2.22. The number of nitrogens with two attached hydrogens (primary N) is 1. The van der Waals surface area contributed by atoms with E-state index in [0.717, 1.165) is 22.6 Å². The molecule has 0 aliphatic rings. The van der Waals surface area contributed by atoms with E-state index in [9.17, 15) is 18.0 Å². The molecule has 0 saturated carbocycles. The molecule has 0 aromatic heterocycles. The summed E-state index contributed by atoms with van der Waals surface area (Å²) in [4.78, 5) is 25.6. The highest BCUT2D eigenvalue weighted by atomic mass is 32.2. The first kappa shape index (κ1) is 27.2. The smallest absolute Gasteiger partial charge is 0.242 e. The minimum atomic E-state index is -3.50. The predicted molar refractivity (Wildman–Crippen MR) is 144 cm³/mol. The monoisotopic (exact) mass is 510 g/mol. The number of nitrogens with one attached hydrogen (secondary N) is 2. The number of amides is 2. The van der Waals surface area contributed by atoms with Gasteiger partial charge in [-0.05, 0) is 47.9 Å². The SMILES string of the molecule is CS(=O)(=O)N(CCCC(=O)N[C@H](Cc1ccc2ccccc2c1)C(=O)NCCCN)c1ccccc1. The molecule has 192 valence electrons. The first-order valence-corrected chi connectivity index (χ1v) is 13.9. The molecule has 4 N–H and O–H groups in total. The number of carbonyl (C=O) groups excluding carboxylic acids is 2. The topological polar surface area (TPSA) is 122 Å². The second-order valence-corrected chi connectivity index (χ2v) is 10.6. The number of hydrogen-bond donors (Lipinski definition) is 3. The number of fused-ring (bicyclic) bond motifs is 1. The molecule has 2 amide bonds. The molecule has 0 unspecified atom stereocenters. The summed E-state index contributed by atoms with van der Waals surface area (Å²) in [5.74, 6) is -0.580. The third-order valence-electron chi connectivity index (χ3n) is 5.80. The van der Waals surface area contributed by atoms with Gasteiger partial charge in [0.2, 0.25) is 21.8 Å². The lowest BCUT2D eigenvalue weighted by atomic mass is 10.0. The molecule has 36 heavy (non-hydrogen) atoms. The van der Waals surface area contributed by atoms with E-state index in [0.29, 0.717) is 38.0 Å². The lowest BCUT2D eigenvalue weighted by molar-refractivity contribution is -0.129. The van der Waals surface area contributed by atoms with Crippen molar-refractivity contribution in [2.24, 2.45) is 5.73 Å². The van der Waals surface area contributed by atoms with E-state index in [2.05, 4.69) is 10.6 Å². The van der Waals surface area contributed by atoms with Crippen molar-refractivity contribution in [1.29, 1.82) is 0 Å². The lowest BCUT2D eigenvalue weighted by Crippen LogP contribution is -2.48. The average Bonchev–Trinajstić information content (AvgIpc) is 2.86. The zero-order chi connectivity index (χ0) is 26.0. The standard InChI is InChI=1S/C27H34N4O4S/c1-36(34,35)31(24-11-3-2-4-12-24)18-7-13-26(32)30-25(27(33)29-17-8-16-28)20-21-14-15-22-9-5-6-10-23(22)19-21/h2-6,9-12,14-15,19,25H,7-8,13,16-18,20,28H2,1H3,(H,29,33)(H,30,32)/t25-/m1/s1. The molecule has 8 nitrogen and oxygen atoms in total. The Morgan fingerprint density at radius 2 is 1.64 bits per heavy atom. The van der Waals surface area contributed by atoms with Crippen LogP contribution in [0.15, 0.2) is 72.8 Å². The molecule has 0 spiro atoms. The number of anilines is 1. The van der Waals surface area contributed by atoms with Crippen molar-refractivity contribution in [1.82, 2.24) is 10.6 Å². The first-order valence-electron chi connectivity index (χ1n) is 12.1. The number of nitrogens with zero attached hydrogens (tertiary/aromatic N) is 1. The summed E-state index contributed by atoms with van der Waals surface area (Å²) >= 11 is 0. The van der Waals surface area contributed by atoms with Gasteiger partial charge in [-0.15, -0.1) is 0 Å². The molecule has 0 bridgehead atoms. The maximum atomic E-state index is 12.9. The summed E-state index contributed by atoms with van der Waals surface area (Å²) in [6.07, 6.45) is 2.52. The Kier molecular flexibility index (Phi) is 9.84. The van der Waals surface area contributed by atoms with Gasteiger partial charge in [-0.2, -0.15) is 0 Å². The second kappa shape index (κ2) is 13.0. The largest absolute Gasteiger partial charge is 0.354 e. The van der Waals surface area contributed by atoms with Gasteiger partial charge in [-0.25, -0.2) is 8.42 Å². The maximum absolute atomic E-state index is 12.9. The van der Waals surface area contributed by atoms with E-state index in [1.54, 1.807) is 24.3 Å². The normalized spacial score (nSPS) is 12.2. The van der Waals surface area contributed by atoms with E-state index in [4.69, 9.17) is 5.73 Å². The van der Waals surface area contributed by atoms with Crippen molar-refractivity contribution in [2.75, 3.05) is 30.2 Å². The zero-order valence-electron chi connectivity index (χ0n) is 20.5. The Balaban J connectivity index is 1.65. The highest BCUT2D eigenvalue weighted by Crippen LogP contribution is 2.18. The van der Waals surface area contributed by atoms with Gasteiger partial charge < -0.3 is 16.4 Å². The van der Waals surface area contributed by atoms with Gasteiger partial charge in [0.15, 0.2) is 0 Å². The van der Waals surface area contributed by atoms with Gasteiger partial charge in [0.1, 0.15) is 6.04 Å². The Hall–Kier alpha value is -3.43. The lowest BCUT2D eigenvalue weighted by Gasteiger charge is -2.23. The first-order chi connectivity index (χ1) is 17.3. The zero-order valence-corrected chi connectivity index (χ0v) is 21.3. The Labute approximate surface area is 212 Å². The molecule has 9 heteroatoms. The summed E-state index contributed by atoms with van der Waals surface area (Å²) in [6, 6.07) is 22.0.